The van der Waals surface area contributed by atoms with Gasteiger partial charge in [0.1, 0.15) is 0 Å². The molecule has 1 amide bonds. The summed E-state index contributed by atoms with van der Waals surface area (Å²) >= 11 is 1.03. The molecule has 0 atom stereocenters. The Hall–Kier alpha value is -2.55. The summed E-state index contributed by atoms with van der Waals surface area (Å²) in [5.41, 5.74) is 1.05. The van der Waals surface area contributed by atoms with Crippen LogP contribution in [-0.4, -0.2) is 26.3 Å². The fourth-order valence-corrected chi connectivity index (χ4v) is 3.41. The molecule has 1 aromatic carbocycles. The van der Waals surface area contributed by atoms with E-state index in [0.717, 1.165) is 29.6 Å². The maximum atomic E-state index is 12.9. The third-order valence-electron chi connectivity index (χ3n) is 4.04. The van der Waals surface area contributed by atoms with Crippen LogP contribution in [0.25, 0.3) is 5.65 Å². The van der Waals surface area contributed by atoms with Gasteiger partial charge in [0.2, 0.25) is 5.91 Å². The van der Waals surface area contributed by atoms with Crippen molar-refractivity contribution >= 4 is 29.0 Å². The number of alkyl halides is 3. The number of rotatable bonds is 4. The van der Waals surface area contributed by atoms with Crippen molar-refractivity contribution in [2.24, 2.45) is 0 Å². The Morgan fingerprint density at radius 3 is 2.50 bits per heavy atom. The molecule has 0 bridgehead atoms. The van der Waals surface area contributed by atoms with Crippen molar-refractivity contribution in [3.05, 3.63) is 53.7 Å². The maximum absolute atomic E-state index is 12.9. The molecule has 1 N–H and O–H groups in total. The Balaban J connectivity index is 1.74. The topological polar surface area (TPSA) is 59.3 Å². The molecule has 0 saturated carbocycles. The molecule has 3 rings (SSSR count). The normalized spacial score (nSPS) is 12.4. The molecule has 2 heterocycles. The van der Waals surface area contributed by atoms with Crippen LogP contribution in [0.5, 0.6) is 0 Å². The van der Waals surface area contributed by atoms with E-state index in [0.29, 0.717) is 5.69 Å². The number of para-hydroxylation sites is 1. The van der Waals surface area contributed by atoms with Crippen molar-refractivity contribution in [2.75, 3.05) is 11.1 Å². The van der Waals surface area contributed by atoms with Crippen molar-refractivity contribution < 1.29 is 18.0 Å². The Kier molecular flexibility index (Phi) is 5.38. The molecule has 0 aliphatic carbocycles. The number of carbonyl (C=O) groups is 1. The number of hydrogen-bond acceptors (Lipinski definition) is 4. The predicted molar refractivity (Wildman–Crippen MR) is 102 cm³/mol. The van der Waals surface area contributed by atoms with Gasteiger partial charge in [-0.05, 0) is 29.2 Å². The lowest BCUT2D eigenvalue weighted by atomic mass is 9.86. The van der Waals surface area contributed by atoms with Crippen LogP contribution < -0.4 is 5.32 Å². The predicted octanol–water partition coefficient (Wildman–Crippen LogP) is 4.78. The average Bonchev–Trinajstić information content (AvgIpc) is 3.01. The first-order chi connectivity index (χ1) is 13.1. The summed E-state index contributed by atoms with van der Waals surface area (Å²) in [6.45, 7) is 6.15. The minimum atomic E-state index is -4.46. The SMILES string of the molecule is CC(C)(C)c1ccccc1NC(=O)CSc1nnc2ccc(C(F)(F)F)cn12. The molecule has 0 saturated heterocycles. The number of nitrogens with one attached hydrogen (secondary N) is 1. The maximum Gasteiger partial charge on any atom is 0.417 e. The van der Waals surface area contributed by atoms with Crippen molar-refractivity contribution in [3.8, 4) is 0 Å². The third kappa shape index (κ3) is 4.46. The highest BCUT2D eigenvalue weighted by Crippen LogP contribution is 2.31. The van der Waals surface area contributed by atoms with Crippen molar-refractivity contribution in [2.45, 2.75) is 37.5 Å². The number of carbonyl (C=O) groups excluding carboxylic acids is 1. The molecule has 148 valence electrons. The molecule has 28 heavy (non-hydrogen) atoms. The van der Waals surface area contributed by atoms with Crippen LogP contribution in [0.4, 0.5) is 18.9 Å². The van der Waals surface area contributed by atoms with Crippen LogP contribution >= 0.6 is 11.8 Å². The summed E-state index contributed by atoms with van der Waals surface area (Å²) in [6, 6.07) is 9.72. The Labute approximate surface area is 164 Å². The van der Waals surface area contributed by atoms with E-state index in [1.54, 1.807) is 0 Å². The van der Waals surface area contributed by atoms with Gasteiger partial charge in [0, 0.05) is 11.9 Å². The Bertz CT molecular complexity index is 1010. The van der Waals surface area contributed by atoms with E-state index in [-0.39, 0.29) is 27.9 Å². The number of nitrogens with zero attached hydrogens (tertiary/aromatic N) is 3. The van der Waals surface area contributed by atoms with Gasteiger partial charge in [-0.3, -0.25) is 9.20 Å². The number of pyridine rings is 1. The molecule has 3 aromatic rings. The molecule has 0 spiro atoms. The van der Waals surface area contributed by atoms with Gasteiger partial charge < -0.3 is 5.32 Å². The first-order valence-electron chi connectivity index (χ1n) is 8.50. The van der Waals surface area contributed by atoms with Crippen molar-refractivity contribution in [1.29, 1.82) is 0 Å². The summed E-state index contributed by atoms with van der Waals surface area (Å²) in [4.78, 5) is 12.4. The van der Waals surface area contributed by atoms with Crippen molar-refractivity contribution in [1.82, 2.24) is 14.6 Å². The summed E-state index contributed by atoms with van der Waals surface area (Å²) in [5.74, 6) is -0.277. The van der Waals surface area contributed by atoms with E-state index in [1.807, 2.05) is 45.0 Å². The van der Waals surface area contributed by atoms with E-state index in [4.69, 9.17) is 0 Å². The van der Waals surface area contributed by atoms with Gasteiger partial charge in [0.15, 0.2) is 10.8 Å². The second-order valence-corrected chi connectivity index (χ2v) is 8.20. The van der Waals surface area contributed by atoms with Gasteiger partial charge in [-0.25, -0.2) is 0 Å². The summed E-state index contributed by atoms with van der Waals surface area (Å²) in [7, 11) is 0. The number of fused-ring (bicyclic) bond motifs is 1. The van der Waals surface area contributed by atoms with E-state index < -0.39 is 11.7 Å². The summed E-state index contributed by atoms with van der Waals surface area (Å²) in [5, 5.41) is 10.8. The largest absolute Gasteiger partial charge is 0.417 e. The molecule has 2 aromatic heterocycles. The highest BCUT2D eigenvalue weighted by molar-refractivity contribution is 7.99. The minimum Gasteiger partial charge on any atom is -0.325 e. The second-order valence-electron chi connectivity index (χ2n) is 7.26. The lowest BCUT2D eigenvalue weighted by Gasteiger charge is -2.22. The Morgan fingerprint density at radius 2 is 1.82 bits per heavy atom. The van der Waals surface area contributed by atoms with E-state index in [1.165, 1.54) is 10.5 Å². The summed E-state index contributed by atoms with van der Waals surface area (Å²) in [6.07, 6.45) is -3.53. The molecule has 9 heteroatoms. The fourth-order valence-electron chi connectivity index (χ4n) is 2.70. The molecular weight excluding hydrogens is 389 g/mol. The first-order valence-corrected chi connectivity index (χ1v) is 9.48. The third-order valence-corrected chi connectivity index (χ3v) is 4.98. The lowest BCUT2D eigenvalue weighted by molar-refractivity contribution is -0.137. The summed E-state index contributed by atoms with van der Waals surface area (Å²) < 4.78 is 40.0. The van der Waals surface area contributed by atoms with Gasteiger partial charge >= 0.3 is 6.18 Å². The van der Waals surface area contributed by atoms with Gasteiger partial charge in [0.25, 0.3) is 0 Å². The Morgan fingerprint density at radius 1 is 1.11 bits per heavy atom. The number of aromatic nitrogens is 3. The van der Waals surface area contributed by atoms with Crippen LogP contribution in [0.15, 0.2) is 47.8 Å². The average molecular weight is 408 g/mol. The lowest BCUT2D eigenvalue weighted by Crippen LogP contribution is -2.20. The quantitative estimate of drug-likeness (QED) is 0.632. The number of thioether (sulfide) groups is 1. The highest BCUT2D eigenvalue weighted by atomic mass is 32.2. The van der Waals surface area contributed by atoms with E-state index in [9.17, 15) is 18.0 Å². The van der Waals surface area contributed by atoms with Crippen molar-refractivity contribution in [3.63, 3.8) is 0 Å². The zero-order valence-corrected chi connectivity index (χ0v) is 16.4. The van der Waals surface area contributed by atoms with Crippen LogP contribution in [0.3, 0.4) is 0 Å². The number of benzene rings is 1. The molecule has 5 nitrogen and oxygen atoms in total. The molecular formula is C19H19F3N4OS. The monoisotopic (exact) mass is 408 g/mol. The molecule has 0 aliphatic rings. The minimum absolute atomic E-state index is 0.00445. The van der Waals surface area contributed by atoms with Gasteiger partial charge in [-0.15, -0.1) is 10.2 Å². The molecule has 0 aliphatic heterocycles. The number of hydrogen-bond donors (Lipinski definition) is 1. The van der Waals surface area contributed by atoms with Gasteiger partial charge in [-0.2, -0.15) is 13.2 Å². The number of anilines is 1. The van der Waals surface area contributed by atoms with Crippen LogP contribution in [0, 0.1) is 0 Å². The fraction of sp³-hybridized carbons (Fsp3) is 0.316. The second kappa shape index (κ2) is 7.46. The molecule has 0 radical (unpaired) electrons. The molecule has 0 unspecified atom stereocenters. The van der Waals surface area contributed by atoms with Crippen LogP contribution in [-0.2, 0) is 16.4 Å². The van der Waals surface area contributed by atoms with E-state index >= 15 is 0 Å². The zero-order chi connectivity index (χ0) is 20.5. The van der Waals surface area contributed by atoms with E-state index in [2.05, 4.69) is 15.5 Å². The zero-order valence-electron chi connectivity index (χ0n) is 15.5. The smallest absolute Gasteiger partial charge is 0.325 e. The standard InChI is InChI=1S/C19H19F3N4OS/c1-18(2,3)13-6-4-5-7-14(13)23-16(27)11-28-17-25-24-15-9-8-12(10-26(15)17)19(20,21)22/h4-10H,11H2,1-3H3,(H,23,27). The van der Waals surface area contributed by atoms with Crippen LogP contribution in [0.1, 0.15) is 31.9 Å². The number of amides is 1. The van der Waals surface area contributed by atoms with Gasteiger partial charge in [-0.1, -0.05) is 50.7 Å². The van der Waals surface area contributed by atoms with Crippen LogP contribution in [0.2, 0.25) is 0 Å². The highest BCUT2D eigenvalue weighted by Gasteiger charge is 2.31. The van der Waals surface area contributed by atoms with Gasteiger partial charge in [0.05, 0.1) is 11.3 Å². The number of halogens is 3. The first kappa shape index (κ1) is 20.2. The molecule has 0 fully saturated rings.